The van der Waals surface area contributed by atoms with Crippen LogP contribution in [0.4, 0.5) is 5.95 Å². The fraction of sp³-hybridized carbons (Fsp3) is 0.750. The van der Waals surface area contributed by atoms with Crippen molar-refractivity contribution in [1.82, 2.24) is 35.0 Å². The zero-order chi connectivity index (χ0) is 13.9. The van der Waals surface area contributed by atoms with E-state index >= 15 is 0 Å². The Morgan fingerprint density at radius 1 is 1.35 bits per heavy atom. The number of aryl methyl sites for hydroxylation is 2. The minimum atomic E-state index is 0.392. The maximum absolute atomic E-state index is 4.24. The van der Waals surface area contributed by atoms with Crippen molar-refractivity contribution in [1.29, 1.82) is 0 Å². The van der Waals surface area contributed by atoms with Crippen molar-refractivity contribution in [3.63, 3.8) is 0 Å². The van der Waals surface area contributed by atoms with Crippen molar-refractivity contribution >= 4 is 5.95 Å². The van der Waals surface area contributed by atoms with E-state index in [1.165, 1.54) is 0 Å². The van der Waals surface area contributed by atoms with E-state index in [0.29, 0.717) is 5.92 Å². The monoisotopic (exact) mass is 276 g/mol. The molecule has 3 heterocycles. The van der Waals surface area contributed by atoms with Crippen LogP contribution in [-0.2, 0) is 13.6 Å². The molecule has 1 saturated heterocycles. The van der Waals surface area contributed by atoms with Crippen LogP contribution in [0.3, 0.4) is 0 Å². The second-order valence-electron chi connectivity index (χ2n) is 5.29. The molecule has 0 aromatic carbocycles. The van der Waals surface area contributed by atoms with Gasteiger partial charge in [-0.2, -0.15) is 0 Å². The number of hydrogen-bond acceptors (Lipinski definition) is 6. The van der Waals surface area contributed by atoms with Gasteiger partial charge >= 0.3 is 0 Å². The first-order valence-corrected chi connectivity index (χ1v) is 7.14. The minimum absolute atomic E-state index is 0.392. The number of piperidine rings is 1. The maximum Gasteiger partial charge on any atom is 0.245 e. The molecule has 1 aliphatic rings. The lowest BCUT2D eigenvalue weighted by Crippen LogP contribution is -2.37. The third-order valence-electron chi connectivity index (χ3n) is 3.76. The normalized spacial score (nSPS) is 19.5. The summed E-state index contributed by atoms with van der Waals surface area (Å²) in [5.41, 5.74) is 0. The van der Waals surface area contributed by atoms with Gasteiger partial charge in [0.2, 0.25) is 5.95 Å². The van der Waals surface area contributed by atoms with Gasteiger partial charge in [-0.05, 0) is 29.7 Å². The van der Waals surface area contributed by atoms with Gasteiger partial charge in [-0.3, -0.25) is 0 Å². The topological polar surface area (TPSA) is 77.6 Å². The molecule has 108 valence electrons. The lowest BCUT2D eigenvalue weighted by Gasteiger charge is -2.32. The first-order valence-electron chi connectivity index (χ1n) is 7.14. The Labute approximate surface area is 117 Å². The second kappa shape index (κ2) is 5.56. The summed E-state index contributed by atoms with van der Waals surface area (Å²) in [6.07, 6.45) is 5.04. The summed E-state index contributed by atoms with van der Waals surface area (Å²) in [5.74, 6) is 2.31. The van der Waals surface area contributed by atoms with Crippen LogP contribution < -0.4 is 4.90 Å². The van der Waals surface area contributed by atoms with E-state index in [4.69, 9.17) is 0 Å². The van der Waals surface area contributed by atoms with Crippen molar-refractivity contribution < 1.29 is 0 Å². The molecule has 0 spiro atoms. The first kappa shape index (κ1) is 13.0. The van der Waals surface area contributed by atoms with E-state index in [-0.39, 0.29) is 0 Å². The highest BCUT2D eigenvalue weighted by molar-refractivity contribution is 5.30. The van der Waals surface area contributed by atoms with E-state index in [1.807, 2.05) is 16.3 Å². The lowest BCUT2D eigenvalue weighted by atomic mass is 9.97. The Morgan fingerprint density at radius 2 is 2.25 bits per heavy atom. The highest BCUT2D eigenvalue weighted by atomic mass is 15.6. The molecule has 2 aromatic rings. The predicted molar refractivity (Wildman–Crippen MR) is 73.3 cm³/mol. The Morgan fingerprint density at radius 3 is 3.00 bits per heavy atom. The van der Waals surface area contributed by atoms with Crippen LogP contribution >= 0.6 is 0 Å². The molecule has 0 N–H and O–H groups in total. The fourth-order valence-corrected chi connectivity index (χ4v) is 2.81. The zero-order valence-electron chi connectivity index (χ0n) is 12.0. The van der Waals surface area contributed by atoms with Gasteiger partial charge < -0.3 is 9.47 Å². The van der Waals surface area contributed by atoms with Crippen LogP contribution in [0, 0.1) is 0 Å². The van der Waals surface area contributed by atoms with Gasteiger partial charge in [-0.25, -0.2) is 4.68 Å². The van der Waals surface area contributed by atoms with Crippen molar-refractivity contribution in [2.45, 2.75) is 38.6 Å². The van der Waals surface area contributed by atoms with Crippen LogP contribution in [-0.4, -0.2) is 48.1 Å². The highest BCUT2D eigenvalue weighted by Gasteiger charge is 2.27. The van der Waals surface area contributed by atoms with Crippen LogP contribution in [0.2, 0.25) is 0 Å². The van der Waals surface area contributed by atoms with Crippen LogP contribution in [0.25, 0.3) is 0 Å². The standard InChI is InChI=1S/C12H20N8/c1-3-6-20-12(15-16-17-20)19-7-4-5-10(8-19)11-14-13-9-18(11)2/h9-10H,3-8H2,1-2H3. The van der Waals surface area contributed by atoms with E-state index in [2.05, 4.69) is 37.5 Å². The predicted octanol–water partition coefficient (Wildman–Crippen LogP) is 0.596. The van der Waals surface area contributed by atoms with Crippen molar-refractivity contribution in [3.05, 3.63) is 12.2 Å². The summed E-state index contributed by atoms with van der Waals surface area (Å²) in [5, 5.41) is 20.3. The number of anilines is 1. The Kier molecular flexibility index (Phi) is 3.62. The van der Waals surface area contributed by atoms with Gasteiger partial charge in [-0.15, -0.1) is 10.2 Å². The maximum atomic E-state index is 4.24. The lowest BCUT2D eigenvalue weighted by molar-refractivity contribution is 0.464. The van der Waals surface area contributed by atoms with Gasteiger partial charge in [-0.1, -0.05) is 12.0 Å². The van der Waals surface area contributed by atoms with Crippen molar-refractivity contribution in [3.8, 4) is 0 Å². The number of aromatic nitrogens is 7. The van der Waals surface area contributed by atoms with Crippen LogP contribution in [0.5, 0.6) is 0 Å². The van der Waals surface area contributed by atoms with Gasteiger partial charge in [0.1, 0.15) is 12.2 Å². The molecule has 1 fully saturated rings. The molecule has 1 aliphatic heterocycles. The molecule has 0 radical (unpaired) electrons. The van der Waals surface area contributed by atoms with E-state index < -0.39 is 0 Å². The highest BCUT2D eigenvalue weighted by Crippen LogP contribution is 2.27. The van der Waals surface area contributed by atoms with Crippen LogP contribution in [0.15, 0.2) is 6.33 Å². The van der Waals surface area contributed by atoms with Gasteiger partial charge in [0.25, 0.3) is 0 Å². The van der Waals surface area contributed by atoms with E-state index in [1.54, 1.807) is 6.33 Å². The SMILES string of the molecule is CCCn1nnnc1N1CCCC(c2nncn2C)C1. The van der Waals surface area contributed by atoms with Crippen molar-refractivity contribution in [2.24, 2.45) is 7.05 Å². The van der Waals surface area contributed by atoms with E-state index in [9.17, 15) is 0 Å². The molecular formula is C12H20N8. The summed E-state index contributed by atoms with van der Waals surface area (Å²) in [6, 6.07) is 0. The Hall–Kier alpha value is -1.99. The summed E-state index contributed by atoms with van der Waals surface area (Å²) in [6.45, 7) is 4.88. The van der Waals surface area contributed by atoms with Gasteiger partial charge in [0.15, 0.2) is 0 Å². The average Bonchev–Trinajstić information content (AvgIpc) is 3.08. The van der Waals surface area contributed by atoms with Gasteiger partial charge in [0.05, 0.1) is 0 Å². The second-order valence-corrected chi connectivity index (χ2v) is 5.29. The quantitative estimate of drug-likeness (QED) is 0.813. The molecule has 0 aliphatic carbocycles. The number of hydrogen-bond donors (Lipinski definition) is 0. The molecule has 1 atom stereocenters. The summed E-state index contributed by atoms with van der Waals surface area (Å²) in [7, 11) is 2.00. The van der Waals surface area contributed by atoms with Crippen molar-refractivity contribution in [2.75, 3.05) is 18.0 Å². The molecule has 8 heteroatoms. The molecule has 0 bridgehead atoms. The minimum Gasteiger partial charge on any atom is -0.339 e. The summed E-state index contributed by atoms with van der Waals surface area (Å²) >= 11 is 0. The third-order valence-corrected chi connectivity index (χ3v) is 3.76. The number of rotatable bonds is 4. The van der Waals surface area contributed by atoms with E-state index in [0.717, 1.165) is 50.7 Å². The molecule has 1 unspecified atom stereocenters. The Balaban J connectivity index is 1.78. The number of tetrazole rings is 1. The first-order chi connectivity index (χ1) is 9.79. The zero-order valence-corrected chi connectivity index (χ0v) is 12.0. The summed E-state index contributed by atoms with van der Waals surface area (Å²) in [4.78, 5) is 2.26. The Bertz CT molecular complexity index is 559. The molecule has 8 nitrogen and oxygen atoms in total. The largest absolute Gasteiger partial charge is 0.339 e. The van der Waals surface area contributed by atoms with Crippen LogP contribution in [0.1, 0.15) is 37.9 Å². The smallest absolute Gasteiger partial charge is 0.245 e. The molecule has 2 aromatic heterocycles. The summed E-state index contributed by atoms with van der Waals surface area (Å²) < 4.78 is 3.89. The third kappa shape index (κ3) is 2.37. The fourth-order valence-electron chi connectivity index (χ4n) is 2.81. The van der Waals surface area contributed by atoms with Gasteiger partial charge in [0, 0.05) is 32.6 Å². The molecule has 0 saturated carbocycles. The number of nitrogens with zero attached hydrogens (tertiary/aromatic N) is 8. The molecule has 3 rings (SSSR count). The average molecular weight is 276 g/mol. The molecular weight excluding hydrogens is 256 g/mol. The molecule has 20 heavy (non-hydrogen) atoms. The molecule has 0 amide bonds.